The maximum absolute atomic E-state index is 12.7. The third-order valence-electron chi connectivity index (χ3n) is 6.11. The van der Waals surface area contributed by atoms with Gasteiger partial charge in [-0.1, -0.05) is 6.07 Å². The number of rotatable bonds is 9. The molecular formula is C25H27N3O4S2. The van der Waals surface area contributed by atoms with Gasteiger partial charge in [0.2, 0.25) is 5.78 Å². The molecule has 0 fully saturated rings. The maximum atomic E-state index is 12.7. The van der Waals surface area contributed by atoms with Crippen molar-refractivity contribution in [2.75, 3.05) is 6.61 Å². The van der Waals surface area contributed by atoms with E-state index in [2.05, 4.69) is 21.0 Å². The zero-order valence-electron chi connectivity index (χ0n) is 19.7. The van der Waals surface area contributed by atoms with Crippen LogP contribution in [-0.4, -0.2) is 32.5 Å². The number of fused-ring (bicyclic) bond motifs is 1. The van der Waals surface area contributed by atoms with Crippen molar-refractivity contribution in [2.24, 2.45) is 0 Å². The fourth-order valence-electron chi connectivity index (χ4n) is 4.04. The van der Waals surface area contributed by atoms with E-state index in [-0.39, 0.29) is 30.9 Å². The minimum Gasteiger partial charge on any atom is -0.457 e. The highest BCUT2D eigenvalue weighted by molar-refractivity contribution is 7.18. The summed E-state index contributed by atoms with van der Waals surface area (Å²) in [5.74, 6) is -0.751. The van der Waals surface area contributed by atoms with E-state index >= 15 is 0 Å². The molecule has 4 rings (SSSR count). The molecule has 0 bridgehead atoms. The van der Waals surface area contributed by atoms with Crippen LogP contribution in [0.4, 0.5) is 0 Å². The number of hydrogen-bond donors (Lipinski definition) is 0. The molecule has 0 aromatic carbocycles. The molecule has 0 aliphatic carbocycles. The number of aromatic nitrogens is 3. The number of ketones is 1. The lowest BCUT2D eigenvalue weighted by Gasteiger charge is -2.09. The molecular weight excluding hydrogens is 470 g/mol. The number of ether oxygens (including phenoxy) is 1. The molecule has 0 saturated heterocycles. The van der Waals surface area contributed by atoms with Gasteiger partial charge in [0.25, 0.3) is 5.56 Å². The minimum atomic E-state index is -0.523. The Kier molecular flexibility index (Phi) is 7.13. The van der Waals surface area contributed by atoms with Crippen molar-refractivity contribution in [3.05, 3.63) is 72.5 Å². The van der Waals surface area contributed by atoms with Gasteiger partial charge in [-0.3, -0.25) is 19.0 Å². The Bertz CT molecular complexity index is 1410. The van der Waals surface area contributed by atoms with E-state index in [9.17, 15) is 14.4 Å². The molecule has 0 unspecified atom stereocenters. The van der Waals surface area contributed by atoms with E-state index in [1.54, 1.807) is 11.3 Å². The minimum absolute atomic E-state index is 0.0115. The number of nitrogens with zero attached hydrogens (tertiary/aromatic N) is 3. The van der Waals surface area contributed by atoms with E-state index in [4.69, 9.17) is 4.74 Å². The van der Waals surface area contributed by atoms with Crippen LogP contribution < -0.4 is 5.56 Å². The van der Waals surface area contributed by atoms with Gasteiger partial charge in [0.05, 0.1) is 18.1 Å². The van der Waals surface area contributed by atoms with Gasteiger partial charge in [0.1, 0.15) is 4.83 Å². The second-order valence-electron chi connectivity index (χ2n) is 8.31. The molecule has 0 N–H and O–H groups in total. The van der Waals surface area contributed by atoms with E-state index in [0.717, 1.165) is 34.8 Å². The summed E-state index contributed by atoms with van der Waals surface area (Å²) in [6, 6.07) is 5.99. The van der Waals surface area contributed by atoms with Crippen LogP contribution in [0.3, 0.4) is 0 Å². The number of Topliss-reactive ketones (excluding diaryl/α,β-unsaturated/α-hetero) is 1. The molecule has 0 radical (unpaired) electrons. The molecule has 4 aromatic rings. The largest absolute Gasteiger partial charge is 0.457 e. The Morgan fingerprint density at radius 2 is 1.94 bits per heavy atom. The molecule has 0 atom stereocenters. The van der Waals surface area contributed by atoms with E-state index in [1.807, 2.05) is 39.8 Å². The van der Waals surface area contributed by atoms with Crippen molar-refractivity contribution in [3.63, 3.8) is 0 Å². The number of hydrogen-bond acceptors (Lipinski definition) is 7. The first-order chi connectivity index (χ1) is 16.3. The molecule has 0 amide bonds. The second kappa shape index (κ2) is 10.1. The van der Waals surface area contributed by atoms with Crippen molar-refractivity contribution in [2.45, 2.75) is 53.6 Å². The third-order valence-corrected chi connectivity index (χ3v) is 8.16. The van der Waals surface area contributed by atoms with Crippen molar-refractivity contribution in [1.82, 2.24) is 14.1 Å². The van der Waals surface area contributed by atoms with Gasteiger partial charge < -0.3 is 9.30 Å². The third kappa shape index (κ3) is 4.90. The predicted molar refractivity (Wildman–Crippen MR) is 135 cm³/mol. The van der Waals surface area contributed by atoms with Crippen molar-refractivity contribution >= 4 is 44.6 Å². The summed E-state index contributed by atoms with van der Waals surface area (Å²) < 4.78 is 8.77. The van der Waals surface area contributed by atoms with E-state index in [0.29, 0.717) is 15.8 Å². The Balaban J connectivity index is 1.34. The van der Waals surface area contributed by atoms with Gasteiger partial charge >= 0.3 is 5.97 Å². The lowest BCUT2D eigenvalue weighted by Crippen LogP contribution is -2.23. The Hall–Kier alpha value is -3.04. The molecule has 0 spiro atoms. The van der Waals surface area contributed by atoms with Crippen molar-refractivity contribution in [1.29, 1.82) is 0 Å². The highest BCUT2D eigenvalue weighted by atomic mass is 32.1. The molecule has 4 heterocycles. The number of carbonyl (C=O) groups is 2. The summed E-state index contributed by atoms with van der Waals surface area (Å²) in [4.78, 5) is 45.2. The van der Waals surface area contributed by atoms with E-state index in [1.165, 1.54) is 27.1 Å². The lowest BCUT2D eigenvalue weighted by molar-refractivity contribution is -0.142. The predicted octanol–water partition coefficient (Wildman–Crippen LogP) is 4.61. The number of esters is 1. The molecule has 0 saturated carbocycles. The Morgan fingerprint density at radius 3 is 2.68 bits per heavy atom. The van der Waals surface area contributed by atoms with Crippen LogP contribution in [0.15, 0.2) is 34.7 Å². The monoisotopic (exact) mass is 497 g/mol. The van der Waals surface area contributed by atoms with Crippen LogP contribution in [0, 0.1) is 27.7 Å². The SMILES string of the molecule is Cc1sc2ncn(CCC(=O)OCC(=O)c3cc(C)n(CCc4cccs4)c3C)c(=O)c2c1C. The summed E-state index contributed by atoms with van der Waals surface area (Å²) >= 11 is 3.21. The standard InChI is InChI=1S/C25H27N3O4S2/c1-15-12-20(17(3)28(15)10-7-19-6-5-11-33-19)21(29)13-32-22(30)8-9-27-14-26-24-23(25(27)31)16(2)18(4)34-24/h5-6,11-12,14H,7-10,13H2,1-4H3. The molecule has 178 valence electrons. The first-order valence-electron chi connectivity index (χ1n) is 11.1. The van der Waals surface area contributed by atoms with Crippen LogP contribution in [0.1, 0.15) is 43.5 Å². The Morgan fingerprint density at radius 1 is 1.15 bits per heavy atom. The van der Waals surface area contributed by atoms with Gasteiger partial charge in [0.15, 0.2) is 6.61 Å². The fraction of sp³-hybridized carbons (Fsp3) is 0.360. The zero-order valence-corrected chi connectivity index (χ0v) is 21.3. The normalized spacial score (nSPS) is 11.3. The van der Waals surface area contributed by atoms with Gasteiger partial charge in [-0.25, -0.2) is 4.98 Å². The molecule has 0 aliphatic rings. The van der Waals surface area contributed by atoms with Crippen LogP contribution in [0.5, 0.6) is 0 Å². The molecule has 7 nitrogen and oxygen atoms in total. The first kappa shape index (κ1) is 24.1. The lowest BCUT2D eigenvalue weighted by atomic mass is 10.1. The average Bonchev–Trinajstić information content (AvgIpc) is 3.50. The van der Waals surface area contributed by atoms with Gasteiger partial charge in [-0.2, -0.15) is 0 Å². The Labute approximate surface area is 205 Å². The second-order valence-corrected chi connectivity index (χ2v) is 10.5. The quantitative estimate of drug-likeness (QED) is 0.249. The smallest absolute Gasteiger partial charge is 0.308 e. The molecule has 4 aromatic heterocycles. The summed E-state index contributed by atoms with van der Waals surface area (Å²) in [5, 5.41) is 2.66. The van der Waals surface area contributed by atoms with Gasteiger partial charge in [-0.15, -0.1) is 22.7 Å². The maximum Gasteiger partial charge on any atom is 0.308 e. The molecule has 0 aliphatic heterocycles. The van der Waals surface area contributed by atoms with Crippen LogP contribution in [-0.2, 0) is 29.0 Å². The summed E-state index contributed by atoms with van der Waals surface area (Å²) in [5.41, 5.74) is 3.22. The summed E-state index contributed by atoms with van der Waals surface area (Å²) in [6.45, 7) is 8.39. The first-order valence-corrected chi connectivity index (χ1v) is 12.8. The molecule has 9 heteroatoms. The fourth-order valence-corrected chi connectivity index (χ4v) is 5.73. The van der Waals surface area contributed by atoms with Crippen molar-refractivity contribution in [3.8, 4) is 0 Å². The highest BCUT2D eigenvalue weighted by Crippen LogP contribution is 2.25. The molecule has 34 heavy (non-hydrogen) atoms. The van der Waals surface area contributed by atoms with Crippen LogP contribution in [0.25, 0.3) is 10.2 Å². The van der Waals surface area contributed by atoms with Crippen LogP contribution in [0.2, 0.25) is 0 Å². The van der Waals surface area contributed by atoms with E-state index < -0.39 is 5.97 Å². The van der Waals surface area contributed by atoms with Gasteiger partial charge in [0, 0.05) is 39.8 Å². The number of aryl methyl sites for hydroxylation is 5. The van der Waals surface area contributed by atoms with Crippen LogP contribution >= 0.6 is 22.7 Å². The summed E-state index contributed by atoms with van der Waals surface area (Å²) in [6.07, 6.45) is 2.35. The van der Waals surface area contributed by atoms with Crippen molar-refractivity contribution < 1.29 is 14.3 Å². The topological polar surface area (TPSA) is 83.2 Å². The summed E-state index contributed by atoms with van der Waals surface area (Å²) in [7, 11) is 0. The average molecular weight is 498 g/mol. The number of carbonyl (C=O) groups excluding carboxylic acids is 2. The zero-order chi connectivity index (χ0) is 24.4. The number of thiophene rings is 2. The van der Waals surface area contributed by atoms with Gasteiger partial charge in [-0.05, 0) is 57.2 Å². The highest BCUT2D eigenvalue weighted by Gasteiger charge is 2.18.